The number of nitrogens with zero attached hydrogens (tertiary/aromatic N) is 4. The minimum absolute atomic E-state index is 0.156. The molecule has 0 radical (unpaired) electrons. The molecule has 1 aliphatic carbocycles. The predicted octanol–water partition coefficient (Wildman–Crippen LogP) is 3.55. The first kappa shape index (κ1) is 22.4. The van der Waals surface area contributed by atoms with Crippen LogP contribution in [0.3, 0.4) is 0 Å². The van der Waals surface area contributed by atoms with Crippen LogP contribution in [-0.4, -0.2) is 54.4 Å². The lowest BCUT2D eigenvalue weighted by atomic mass is 9.89. The van der Waals surface area contributed by atoms with Crippen LogP contribution in [0.1, 0.15) is 26.2 Å². The molecule has 4 rings (SSSR count). The molecule has 1 aromatic heterocycles. The molecule has 0 fully saturated rings. The Bertz CT molecular complexity index is 1060. The number of rotatable bonds is 1. The summed E-state index contributed by atoms with van der Waals surface area (Å²) in [5, 5.41) is 5.28. The zero-order chi connectivity index (χ0) is 22.7. The molecule has 2 aromatic rings. The van der Waals surface area contributed by atoms with Gasteiger partial charge in [0.05, 0.1) is 36.2 Å². The number of aliphatic imine (C=N–C) groups is 1. The van der Waals surface area contributed by atoms with Gasteiger partial charge < -0.3 is 10.1 Å². The van der Waals surface area contributed by atoms with E-state index in [1.807, 2.05) is 18.2 Å². The fourth-order valence-electron chi connectivity index (χ4n) is 3.93. The first-order valence-electron chi connectivity index (χ1n) is 10.6. The summed E-state index contributed by atoms with van der Waals surface area (Å²) in [6.45, 7) is 2.54. The zero-order valence-electron chi connectivity index (χ0n) is 17.9. The van der Waals surface area contributed by atoms with Crippen molar-refractivity contribution >= 4 is 40.4 Å². The lowest BCUT2D eigenvalue weighted by Gasteiger charge is -2.36. The minimum Gasteiger partial charge on any atom is -0.494 e. The van der Waals surface area contributed by atoms with E-state index >= 15 is 4.39 Å². The number of anilines is 1. The van der Waals surface area contributed by atoms with Crippen LogP contribution < -0.4 is 15.1 Å². The number of benzene rings is 1. The third-order valence-electron chi connectivity index (χ3n) is 5.66. The number of hydroxylamine groups is 1. The number of aromatic nitrogens is 2. The van der Waals surface area contributed by atoms with E-state index in [1.165, 1.54) is 19.7 Å². The molecule has 0 spiro atoms. The summed E-state index contributed by atoms with van der Waals surface area (Å²) in [6.07, 6.45) is 4.40. The van der Waals surface area contributed by atoms with Gasteiger partial charge in [-0.25, -0.2) is 19.4 Å². The third kappa shape index (κ3) is 4.54. The number of carbonyl (C=O) groups is 1. The number of halogens is 2. The zero-order valence-corrected chi connectivity index (χ0v) is 18.7. The Morgan fingerprint density at radius 3 is 3.00 bits per heavy atom. The van der Waals surface area contributed by atoms with Crippen LogP contribution in [0.15, 0.2) is 40.4 Å². The SMILES string of the molecule is CON1c2ncnc3ccc(cc23)OCCCNC(=O)C(C)N=CC2C(F)=C(Cl)CCC21. The van der Waals surface area contributed by atoms with E-state index in [4.69, 9.17) is 21.2 Å². The Balaban J connectivity index is 1.83. The highest BCUT2D eigenvalue weighted by Gasteiger charge is 2.37. The average molecular weight is 462 g/mol. The summed E-state index contributed by atoms with van der Waals surface area (Å²) < 4.78 is 21.0. The van der Waals surface area contributed by atoms with Gasteiger partial charge in [-0.1, -0.05) is 11.6 Å². The molecule has 1 N–H and O–H groups in total. The lowest BCUT2D eigenvalue weighted by molar-refractivity contribution is -0.121. The first-order valence-corrected chi connectivity index (χ1v) is 10.9. The molecule has 1 amide bonds. The van der Waals surface area contributed by atoms with Crippen molar-refractivity contribution in [3.63, 3.8) is 0 Å². The molecule has 32 heavy (non-hydrogen) atoms. The Morgan fingerprint density at radius 2 is 2.19 bits per heavy atom. The van der Waals surface area contributed by atoms with E-state index in [-0.39, 0.29) is 10.9 Å². The van der Waals surface area contributed by atoms with Crippen LogP contribution in [-0.2, 0) is 9.63 Å². The van der Waals surface area contributed by atoms with Gasteiger partial charge in [-0.15, -0.1) is 0 Å². The highest BCUT2D eigenvalue weighted by atomic mass is 35.5. The second-order valence-corrected chi connectivity index (χ2v) is 8.19. The number of nitrogens with one attached hydrogen (secondary N) is 1. The van der Waals surface area contributed by atoms with Gasteiger partial charge in [0.2, 0.25) is 5.91 Å². The second-order valence-electron chi connectivity index (χ2n) is 7.74. The Morgan fingerprint density at radius 1 is 1.34 bits per heavy atom. The number of carbonyl (C=O) groups excluding carboxylic acids is 1. The monoisotopic (exact) mass is 461 g/mol. The topological polar surface area (TPSA) is 88.9 Å². The number of ether oxygens (including phenoxy) is 1. The fourth-order valence-corrected chi connectivity index (χ4v) is 4.16. The standard InChI is InChI=1S/C22H25ClFN5O3/c1-13-22(30)25-8-3-9-32-14-4-6-18-15(10-14)21(28-12-27-18)29(31-2)19-7-5-17(23)20(24)16(19)11-26-13/h4,6,10-13,16,19H,3,5,7-9H2,1-2H3,(H,25,30). The summed E-state index contributed by atoms with van der Waals surface area (Å²) >= 11 is 6.15. The molecule has 1 aromatic carbocycles. The van der Waals surface area contributed by atoms with E-state index < -0.39 is 23.8 Å². The molecule has 3 unspecified atom stereocenters. The largest absolute Gasteiger partial charge is 0.494 e. The van der Waals surface area contributed by atoms with Gasteiger partial charge in [-0.3, -0.25) is 14.6 Å². The number of hydrogen-bond acceptors (Lipinski definition) is 7. The maximum absolute atomic E-state index is 15.2. The Hall–Kier alpha value is -2.78. The molecule has 1 aliphatic heterocycles. The van der Waals surface area contributed by atoms with E-state index in [2.05, 4.69) is 20.3 Å². The number of amides is 1. The molecule has 8 nitrogen and oxygen atoms in total. The van der Waals surface area contributed by atoms with Crippen LogP contribution in [0, 0.1) is 5.92 Å². The van der Waals surface area contributed by atoms with Gasteiger partial charge in [0, 0.05) is 18.1 Å². The van der Waals surface area contributed by atoms with Crippen molar-refractivity contribution in [2.24, 2.45) is 10.9 Å². The summed E-state index contributed by atoms with van der Waals surface area (Å²) in [7, 11) is 1.51. The quantitative estimate of drug-likeness (QED) is 0.698. The third-order valence-corrected chi connectivity index (χ3v) is 6.03. The summed E-state index contributed by atoms with van der Waals surface area (Å²) in [5.41, 5.74) is 0.710. The first-order chi connectivity index (χ1) is 15.5. The van der Waals surface area contributed by atoms with E-state index in [0.29, 0.717) is 49.5 Å². The summed E-state index contributed by atoms with van der Waals surface area (Å²) in [5.74, 6) is -0.379. The van der Waals surface area contributed by atoms with Gasteiger partial charge in [-0.05, 0) is 44.4 Å². The van der Waals surface area contributed by atoms with Crippen LogP contribution in [0.4, 0.5) is 10.2 Å². The van der Waals surface area contributed by atoms with Gasteiger partial charge in [-0.2, -0.15) is 0 Å². The smallest absolute Gasteiger partial charge is 0.244 e. The molecule has 0 saturated heterocycles. The maximum Gasteiger partial charge on any atom is 0.244 e. The second kappa shape index (κ2) is 9.79. The van der Waals surface area contributed by atoms with Crippen molar-refractivity contribution in [3.8, 4) is 5.75 Å². The molecule has 2 heterocycles. The summed E-state index contributed by atoms with van der Waals surface area (Å²) in [4.78, 5) is 31.2. The highest BCUT2D eigenvalue weighted by molar-refractivity contribution is 6.30. The van der Waals surface area contributed by atoms with Gasteiger partial charge >= 0.3 is 0 Å². The molecular formula is C22H25ClFN5O3. The van der Waals surface area contributed by atoms with Crippen molar-refractivity contribution in [1.29, 1.82) is 0 Å². The minimum atomic E-state index is -0.802. The highest BCUT2D eigenvalue weighted by Crippen LogP contribution is 2.38. The Labute approximate surface area is 190 Å². The summed E-state index contributed by atoms with van der Waals surface area (Å²) in [6, 6.07) is 4.37. The van der Waals surface area contributed by atoms with Gasteiger partial charge in [0.1, 0.15) is 23.9 Å². The van der Waals surface area contributed by atoms with Gasteiger partial charge in [0.15, 0.2) is 5.82 Å². The van der Waals surface area contributed by atoms with Crippen LogP contribution in [0.5, 0.6) is 5.75 Å². The Kier molecular flexibility index (Phi) is 6.86. The van der Waals surface area contributed by atoms with Crippen molar-refractivity contribution < 1.29 is 18.8 Å². The van der Waals surface area contributed by atoms with E-state index in [0.717, 1.165) is 5.39 Å². The lowest BCUT2D eigenvalue weighted by Crippen LogP contribution is -2.44. The average Bonchev–Trinajstić information content (AvgIpc) is 2.80. The van der Waals surface area contributed by atoms with E-state index in [1.54, 1.807) is 12.0 Å². The molecular weight excluding hydrogens is 437 g/mol. The molecule has 170 valence electrons. The molecule has 3 atom stereocenters. The number of allylic oxidation sites excluding steroid dienone is 1. The molecule has 0 saturated carbocycles. The van der Waals surface area contributed by atoms with Crippen molar-refractivity contribution in [2.45, 2.75) is 38.3 Å². The molecule has 10 heteroatoms. The van der Waals surface area contributed by atoms with Crippen molar-refractivity contribution in [2.75, 3.05) is 25.3 Å². The van der Waals surface area contributed by atoms with Crippen LogP contribution >= 0.6 is 11.6 Å². The maximum atomic E-state index is 15.2. The normalized spacial score (nSPS) is 24.9. The fraction of sp³-hybridized carbons (Fsp3) is 0.455. The van der Waals surface area contributed by atoms with E-state index in [9.17, 15) is 4.79 Å². The van der Waals surface area contributed by atoms with Crippen molar-refractivity contribution in [3.05, 3.63) is 35.4 Å². The predicted molar refractivity (Wildman–Crippen MR) is 121 cm³/mol. The van der Waals surface area contributed by atoms with Crippen LogP contribution in [0.25, 0.3) is 10.9 Å². The van der Waals surface area contributed by atoms with Crippen molar-refractivity contribution in [1.82, 2.24) is 15.3 Å². The molecule has 2 aliphatic rings. The van der Waals surface area contributed by atoms with Gasteiger partial charge in [0.25, 0.3) is 0 Å². The van der Waals surface area contributed by atoms with Crippen LogP contribution in [0.2, 0.25) is 0 Å². The number of fused-ring (bicyclic) bond motifs is 2. The number of hydrogen-bond donors (Lipinski definition) is 1. The molecule has 2 bridgehead atoms.